The average Bonchev–Trinajstić information content (AvgIpc) is 2.83. The molecule has 2 rings (SSSR count). The van der Waals surface area contributed by atoms with Crippen LogP contribution in [0.25, 0.3) is 0 Å². The Balaban J connectivity index is 2.06. The Labute approximate surface area is 101 Å². The second-order valence-electron chi connectivity index (χ2n) is 4.10. The fraction of sp³-hybridized carbons (Fsp3) is 0.545. The highest BCUT2D eigenvalue weighted by Crippen LogP contribution is 2.06. The zero-order valence-corrected chi connectivity index (χ0v) is 10.5. The van der Waals surface area contributed by atoms with Crippen molar-refractivity contribution in [3.8, 4) is 0 Å². The van der Waals surface area contributed by atoms with Crippen molar-refractivity contribution in [2.24, 2.45) is 7.05 Å². The third-order valence-electron chi connectivity index (χ3n) is 2.59. The van der Waals surface area contributed by atoms with Crippen molar-refractivity contribution >= 4 is 0 Å². The second kappa shape index (κ2) is 5.09. The Morgan fingerprint density at radius 1 is 1.35 bits per heavy atom. The lowest BCUT2D eigenvalue weighted by molar-refractivity contribution is 0.660. The molecule has 0 radical (unpaired) electrons. The molecule has 17 heavy (non-hydrogen) atoms. The van der Waals surface area contributed by atoms with Gasteiger partial charge < -0.3 is 5.32 Å². The predicted molar refractivity (Wildman–Crippen MR) is 64.4 cm³/mol. The smallest absolute Gasteiger partial charge is 0.104 e. The first kappa shape index (κ1) is 11.8. The quantitative estimate of drug-likeness (QED) is 0.817. The van der Waals surface area contributed by atoms with E-state index in [9.17, 15) is 0 Å². The van der Waals surface area contributed by atoms with Gasteiger partial charge in [0.25, 0.3) is 0 Å². The van der Waals surface area contributed by atoms with Crippen LogP contribution < -0.4 is 5.32 Å². The van der Waals surface area contributed by atoms with Crippen LogP contribution in [-0.4, -0.2) is 31.3 Å². The van der Waals surface area contributed by atoms with Crippen LogP contribution >= 0.6 is 0 Å². The van der Waals surface area contributed by atoms with Crippen LogP contribution in [0.5, 0.6) is 0 Å². The van der Waals surface area contributed by atoms with Crippen LogP contribution in [0.2, 0.25) is 0 Å². The normalized spacial score (nSPS) is 11.0. The molecule has 6 heteroatoms. The van der Waals surface area contributed by atoms with Crippen molar-refractivity contribution in [2.45, 2.75) is 26.9 Å². The van der Waals surface area contributed by atoms with Gasteiger partial charge in [0.05, 0.1) is 12.2 Å². The molecule has 0 saturated carbocycles. The molecule has 92 valence electrons. The molecule has 6 nitrogen and oxygen atoms in total. The number of rotatable bonds is 5. The molecule has 0 aliphatic rings. The summed E-state index contributed by atoms with van der Waals surface area (Å²) < 4.78 is 3.61. The van der Waals surface area contributed by atoms with Crippen LogP contribution in [0.4, 0.5) is 0 Å². The van der Waals surface area contributed by atoms with E-state index in [-0.39, 0.29) is 0 Å². The van der Waals surface area contributed by atoms with Gasteiger partial charge in [0, 0.05) is 31.5 Å². The van der Waals surface area contributed by atoms with Gasteiger partial charge in [-0.25, -0.2) is 0 Å². The largest absolute Gasteiger partial charge is 0.313 e. The van der Waals surface area contributed by atoms with Gasteiger partial charge >= 0.3 is 0 Å². The minimum absolute atomic E-state index is 0.667. The highest BCUT2D eigenvalue weighted by atomic mass is 15.4. The maximum absolute atomic E-state index is 4.47. The summed E-state index contributed by atoms with van der Waals surface area (Å²) in [5.41, 5.74) is 3.22. The Morgan fingerprint density at radius 2 is 2.18 bits per heavy atom. The lowest BCUT2D eigenvalue weighted by Gasteiger charge is -1.98. The van der Waals surface area contributed by atoms with Crippen LogP contribution in [0.1, 0.15) is 23.9 Å². The summed E-state index contributed by atoms with van der Waals surface area (Å²) in [6.45, 7) is 6.62. The summed E-state index contributed by atoms with van der Waals surface area (Å²) in [5.74, 6) is 0. The molecule has 2 aromatic rings. The second-order valence-corrected chi connectivity index (χ2v) is 4.10. The summed E-state index contributed by atoms with van der Waals surface area (Å²) in [7, 11) is 1.86. The SMILES string of the molecule is CCNCc1cn(Cc2cn(C)nn2)nc1C. The highest BCUT2D eigenvalue weighted by Gasteiger charge is 2.06. The van der Waals surface area contributed by atoms with Crippen LogP contribution in [-0.2, 0) is 20.1 Å². The number of hydrogen-bond acceptors (Lipinski definition) is 4. The lowest BCUT2D eigenvalue weighted by atomic mass is 10.2. The molecule has 0 aliphatic carbocycles. The molecule has 0 spiro atoms. The molecular weight excluding hydrogens is 216 g/mol. The van der Waals surface area contributed by atoms with E-state index in [0.29, 0.717) is 6.54 Å². The molecule has 1 N–H and O–H groups in total. The van der Waals surface area contributed by atoms with E-state index in [1.54, 1.807) is 4.68 Å². The number of aromatic nitrogens is 5. The van der Waals surface area contributed by atoms with Crippen LogP contribution in [0.3, 0.4) is 0 Å². The van der Waals surface area contributed by atoms with Crippen molar-refractivity contribution in [3.63, 3.8) is 0 Å². The van der Waals surface area contributed by atoms with Crippen molar-refractivity contribution in [1.29, 1.82) is 0 Å². The molecule has 0 atom stereocenters. The standard InChI is InChI=1S/C11H18N6/c1-4-12-5-10-6-17(14-9(10)2)8-11-7-16(3)15-13-11/h6-7,12H,4-5,8H2,1-3H3. The lowest BCUT2D eigenvalue weighted by Crippen LogP contribution is -2.11. The van der Waals surface area contributed by atoms with E-state index in [0.717, 1.165) is 24.5 Å². The van der Waals surface area contributed by atoms with E-state index in [2.05, 4.69) is 33.8 Å². The Morgan fingerprint density at radius 3 is 2.82 bits per heavy atom. The summed E-state index contributed by atoms with van der Waals surface area (Å²) in [4.78, 5) is 0. The van der Waals surface area contributed by atoms with E-state index < -0.39 is 0 Å². The predicted octanol–water partition coefficient (Wildman–Crippen LogP) is 0.478. The summed E-state index contributed by atoms with van der Waals surface area (Å²) in [5, 5.41) is 15.7. The first-order valence-corrected chi connectivity index (χ1v) is 5.78. The molecule has 0 aromatic carbocycles. The molecule has 2 aromatic heterocycles. The van der Waals surface area contributed by atoms with Gasteiger partial charge in [-0.1, -0.05) is 12.1 Å². The first-order valence-electron chi connectivity index (χ1n) is 5.78. The average molecular weight is 234 g/mol. The fourth-order valence-electron chi connectivity index (χ4n) is 1.71. The molecule has 0 saturated heterocycles. The molecule has 2 heterocycles. The minimum Gasteiger partial charge on any atom is -0.313 e. The summed E-state index contributed by atoms with van der Waals surface area (Å²) >= 11 is 0. The Bertz CT molecular complexity index is 484. The van der Waals surface area contributed by atoms with Crippen molar-refractivity contribution in [1.82, 2.24) is 30.1 Å². The molecule has 0 amide bonds. The van der Waals surface area contributed by atoms with Gasteiger partial charge in [-0.2, -0.15) is 5.10 Å². The molecular formula is C11H18N6. The van der Waals surface area contributed by atoms with Gasteiger partial charge in [0.1, 0.15) is 5.69 Å². The molecule has 0 unspecified atom stereocenters. The monoisotopic (exact) mass is 234 g/mol. The van der Waals surface area contributed by atoms with Crippen LogP contribution in [0.15, 0.2) is 12.4 Å². The van der Waals surface area contributed by atoms with Gasteiger partial charge in [-0.05, 0) is 13.5 Å². The summed E-state index contributed by atoms with van der Waals surface area (Å²) in [6, 6.07) is 0. The van der Waals surface area contributed by atoms with Gasteiger partial charge in [-0.15, -0.1) is 5.10 Å². The first-order chi connectivity index (χ1) is 8.19. The van der Waals surface area contributed by atoms with Crippen LogP contribution in [0, 0.1) is 6.92 Å². The number of nitrogens with one attached hydrogen (secondary N) is 1. The molecule has 0 aliphatic heterocycles. The van der Waals surface area contributed by atoms with Gasteiger partial charge in [0.2, 0.25) is 0 Å². The van der Waals surface area contributed by atoms with Crippen molar-refractivity contribution in [2.75, 3.05) is 6.54 Å². The van der Waals surface area contributed by atoms with E-state index in [4.69, 9.17) is 0 Å². The zero-order chi connectivity index (χ0) is 12.3. The minimum atomic E-state index is 0.667. The number of hydrogen-bond donors (Lipinski definition) is 1. The van der Waals surface area contributed by atoms with E-state index >= 15 is 0 Å². The number of aryl methyl sites for hydroxylation is 2. The summed E-state index contributed by atoms with van der Waals surface area (Å²) in [6.07, 6.45) is 3.97. The van der Waals surface area contributed by atoms with E-state index in [1.165, 1.54) is 5.56 Å². The maximum atomic E-state index is 4.47. The Hall–Kier alpha value is -1.69. The maximum Gasteiger partial charge on any atom is 0.104 e. The number of nitrogens with zero attached hydrogens (tertiary/aromatic N) is 5. The topological polar surface area (TPSA) is 60.6 Å². The zero-order valence-electron chi connectivity index (χ0n) is 10.5. The van der Waals surface area contributed by atoms with Gasteiger partial charge in [-0.3, -0.25) is 9.36 Å². The third kappa shape index (κ3) is 2.91. The molecule has 0 bridgehead atoms. The fourth-order valence-corrected chi connectivity index (χ4v) is 1.71. The molecule has 0 fully saturated rings. The van der Waals surface area contributed by atoms with Crippen molar-refractivity contribution in [3.05, 3.63) is 29.3 Å². The van der Waals surface area contributed by atoms with E-state index in [1.807, 2.05) is 24.9 Å². The van der Waals surface area contributed by atoms with Gasteiger partial charge in [0.15, 0.2) is 0 Å². The van der Waals surface area contributed by atoms with Crippen molar-refractivity contribution < 1.29 is 0 Å². The highest BCUT2D eigenvalue weighted by molar-refractivity contribution is 5.15. The Kier molecular flexibility index (Phi) is 3.53. The third-order valence-corrected chi connectivity index (χ3v) is 2.59.